The van der Waals surface area contributed by atoms with E-state index in [-0.39, 0.29) is 11.9 Å². The highest BCUT2D eigenvalue weighted by Gasteiger charge is 2.33. The molecule has 1 amide bonds. The van der Waals surface area contributed by atoms with Gasteiger partial charge < -0.3 is 19.1 Å². The van der Waals surface area contributed by atoms with Crippen LogP contribution in [0.2, 0.25) is 5.02 Å². The van der Waals surface area contributed by atoms with Gasteiger partial charge in [0.2, 0.25) is 0 Å². The molecule has 0 aliphatic carbocycles. The van der Waals surface area contributed by atoms with Gasteiger partial charge in [-0.2, -0.15) is 0 Å². The van der Waals surface area contributed by atoms with E-state index in [4.69, 9.17) is 25.8 Å². The minimum absolute atomic E-state index is 0.0548. The molecule has 1 heterocycles. The van der Waals surface area contributed by atoms with Crippen molar-refractivity contribution in [1.82, 2.24) is 4.90 Å². The zero-order chi connectivity index (χ0) is 24.2. The van der Waals surface area contributed by atoms with Gasteiger partial charge in [0.15, 0.2) is 11.5 Å². The zero-order valence-electron chi connectivity index (χ0n) is 20.0. The first-order chi connectivity index (χ1) is 16.4. The molecule has 1 aliphatic rings. The van der Waals surface area contributed by atoms with Gasteiger partial charge in [-0.3, -0.25) is 4.79 Å². The van der Waals surface area contributed by atoms with Gasteiger partial charge in [0.1, 0.15) is 12.4 Å². The molecule has 0 fully saturated rings. The maximum Gasteiger partial charge on any atom is 0.254 e. The Labute approximate surface area is 206 Å². The van der Waals surface area contributed by atoms with E-state index in [0.717, 1.165) is 16.9 Å². The topological polar surface area (TPSA) is 48.0 Å². The Bertz CT molecular complexity index is 1140. The van der Waals surface area contributed by atoms with Crippen molar-refractivity contribution >= 4 is 17.5 Å². The van der Waals surface area contributed by atoms with Crippen LogP contribution in [-0.2, 0) is 6.42 Å². The second-order valence-corrected chi connectivity index (χ2v) is 9.15. The largest absolute Gasteiger partial charge is 0.493 e. The molecule has 1 atom stereocenters. The van der Waals surface area contributed by atoms with Crippen LogP contribution in [0.15, 0.2) is 60.7 Å². The van der Waals surface area contributed by atoms with Crippen LogP contribution >= 0.6 is 11.6 Å². The second kappa shape index (κ2) is 10.4. The third kappa shape index (κ3) is 5.00. The van der Waals surface area contributed by atoms with Crippen molar-refractivity contribution in [3.8, 4) is 17.2 Å². The lowest BCUT2D eigenvalue weighted by Crippen LogP contribution is -2.42. The highest BCUT2D eigenvalue weighted by atomic mass is 35.5. The highest BCUT2D eigenvalue weighted by Crippen LogP contribution is 2.39. The SMILES string of the molecule is COc1cc2c(cc1OC)C(COc1ccc(C(C)C)cc1)N(C(=O)c1ccc(Cl)cc1)CC2. The number of amides is 1. The lowest BCUT2D eigenvalue weighted by atomic mass is 9.91. The monoisotopic (exact) mass is 479 g/mol. The van der Waals surface area contributed by atoms with Crippen molar-refractivity contribution in [1.29, 1.82) is 0 Å². The molecular formula is C28H30ClNO4. The second-order valence-electron chi connectivity index (χ2n) is 8.71. The van der Waals surface area contributed by atoms with Crippen molar-refractivity contribution in [2.45, 2.75) is 32.2 Å². The molecule has 1 aliphatic heterocycles. The quantitative estimate of drug-likeness (QED) is 0.399. The first-order valence-electron chi connectivity index (χ1n) is 11.4. The Balaban J connectivity index is 1.67. The fourth-order valence-electron chi connectivity index (χ4n) is 4.33. The molecule has 3 aromatic carbocycles. The summed E-state index contributed by atoms with van der Waals surface area (Å²) in [5.74, 6) is 2.49. The van der Waals surface area contributed by atoms with Gasteiger partial charge in [0.05, 0.1) is 20.3 Å². The number of nitrogens with zero attached hydrogens (tertiary/aromatic N) is 1. The van der Waals surface area contributed by atoms with Gasteiger partial charge in [-0.1, -0.05) is 37.6 Å². The van der Waals surface area contributed by atoms with E-state index in [9.17, 15) is 4.79 Å². The number of methoxy groups -OCH3 is 2. The summed E-state index contributed by atoms with van der Waals surface area (Å²) < 4.78 is 17.3. The van der Waals surface area contributed by atoms with Gasteiger partial charge in [0, 0.05) is 17.1 Å². The summed E-state index contributed by atoms with van der Waals surface area (Å²) in [7, 11) is 3.25. The van der Waals surface area contributed by atoms with Crippen LogP contribution < -0.4 is 14.2 Å². The fraction of sp³-hybridized carbons (Fsp3) is 0.321. The van der Waals surface area contributed by atoms with Gasteiger partial charge in [0.25, 0.3) is 5.91 Å². The van der Waals surface area contributed by atoms with E-state index in [1.807, 2.05) is 29.2 Å². The maximum absolute atomic E-state index is 13.5. The van der Waals surface area contributed by atoms with Crippen LogP contribution in [0.3, 0.4) is 0 Å². The maximum atomic E-state index is 13.5. The summed E-state index contributed by atoms with van der Waals surface area (Å²) in [6.07, 6.45) is 0.717. The molecule has 1 unspecified atom stereocenters. The van der Waals surface area contributed by atoms with E-state index in [1.165, 1.54) is 5.56 Å². The van der Waals surface area contributed by atoms with Gasteiger partial charge >= 0.3 is 0 Å². The average molecular weight is 480 g/mol. The Morgan fingerprint density at radius 3 is 2.26 bits per heavy atom. The summed E-state index contributed by atoms with van der Waals surface area (Å²) >= 11 is 6.04. The molecule has 0 N–H and O–H groups in total. The standard InChI is InChI=1S/C28H30ClNO4/c1-18(2)19-7-11-23(12-8-19)34-17-25-24-16-27(33-4)26(32-3)15-21(24)13-14-30(25)28(31)20-5-9-22(29)10-6-20/h5-12,15-16,18,25H,13-14,17H2,1-4H3. The molecule has 0 radical (unpaired) electrons. The first-order valence-corrected chi connectivity index (χ1v) is 11.8. The average Bonchev–Trinajstić information content (AvgIpc) is 2.86. The summed E-state index contributed by atoms with van der Waals surface area (Å²) in [6, 6.07) is 18.8. The van der Waals surface area contributed by atoms with Crippen molar-refractivity contribution in [2.24, 2.45) is 0 Å². The summed E-state index contributed by atoms with van der Waals surface area (Å²) in [4.78, 5) is 15.4. The molecular weight excluding hydrogens is 450 g/mol. The van der Waals surface area contributed by atoms with Crippen LogP contribution in [0.25, 0.3) is 0 Å². The third-order valence-electron chi connectivity index (χ3n) is 6.31. The Morgan fingerprint density at radius 1 is 1.00 bits per heavy atom. The molecule has 0 saturated heterocycles. The Hall–Kier alpha value is -3.18. The molecule has 0 spiro atoms. The first kappa shape index (κ1) is 24.0. The number of benzene rings is 3. The number of carbonyl (C=O) groups excluding carboxylic acids is 1. The molecule has 0 saturated carbocycles. The van der Waals surface area contributed by atoms with E-state index >= 15 is 0 Å². The van der Waals surface area contributed by atoms with Crippen LogP contribution in [0.1, 0.15) is 52.9 Å². The predicted molar refractivity (Wildman–Crippen MR) is 135 cm³/mol. The number of hydrogen-bond donors (Lipinski definition) is 0. The molecule has 6 heteroatoms. The lowest BCUT2D eigenvalue weighted by Gasteiger charge is -2.37. The number of carbonyl (C=O) groups is 1. The van der Waals surface area contributed by atoms with Crippen LogP contribution in [0.5, 0.6) is 17.2 Å². The molecule has 3 aromatic rings. The molecule has 34 heavy (non-hydrogen) atoms. The zero-order valence-corrected chi connectivity index (χ0v) is 20.8. The van der Waals surface area contributed by atoms with Crippen LogP contribution in [0, 0.1) is 0 Å². The van der Waals surface area contributed by atoms with Crippen molar-refractivity contribution in [3.63, 3.8) is 0 Å². The van der Waals surface area contributed by atoms with Crippen LogP contribution in [0.4, 0.5) is 0 Å². The van der Waals surface area contributed by atoms with Crippen molar-refractivity contribution < 1.29 is 19.0 Å². The Morgan fingerprint density at radius 2 is 1.65 bits per heavy atom. The minimum atomic E-state index is -0.281. The minimum Gasteiger partial charge on any atom is -0.493 e. The summed E-state index contributed by atoms with van der Waals surface area (Å²) in [5.41, 5.74) is 3.98. The number of fused-ring (bicyclic) bond motifs is 1. The van der Waals surface area contributed by atoms with E-state index in [2.05, 4.69) is 26.0 Å². The molecule has 0 bridgehead atoms. The van der Waals surface area contributed by atoms with E-state index < -0.39 is 0 Å². The van der Waals surface area contributed by atoms with E-state index in [1.54, 1.807) is 38.5 Å². The number of halogens is 1. The summed E-state index contributed by atoms with van der Waals surface area (Å²) in [6.45, 7) is 5.22. The Kier molecular flexibility index (Phi) is 7.32. The molecule has 5 nitrogen and oxygen atoms in total. The predicted octanol–water partition coefficient (Wildman–Crippen LogP) is 6.30. The molecule has 178 valence electrons. The number of ether oxygens (including phenoxy) is 3. The lowest BCUT2D eigenvalue weighted by molar-refractivity contribution is 0.0589. The summed E-state index contributed by atoms with van der Waals surface area (Å²) in [5, 5.41) is 0.599. The van der Waals surface area contributed by atoms with Gasteiger partial charge in [-0.05, 0) is 77.6 Å². The van der Waals surface area contributed by atoms with Gasteiger partial charge in [-0.25, -0.2) is 0 Å². The molecule has 0 aromatic heterocycles. The molecule has 4 rings (SSSR count). The smallest absolute Gasteiger partial charge is 0.254 e. The van der Waals surface area contributed by atoms with Crippen LogP contribution in [-0.4, -0.2) is 38.2 Å². The number of rotatable bonds is 7. The van der Waals surface area contributed by atoms with Gasteiger partial charge in [-0.15, -0.1) is 0 Å². The van der Waals surface area contributed by atoms with Crippen molar-refractivity contribution in [3.05, 3.63) is 87.9 Å². The number of hydrogen-bond acceptors (Lipinski definition) is 4. The van der Waals surface area contributed by atoms with E-state index in [0.29, 0.717) is 47.6 Å². The van der Waals surface area contributed by atoms with Crippen molar-refractivity contribution in [2.75, 3.05) is 27.4 Å². The normalized spacial score (nSPS) is 15.1. The highest BCUT2D eigenvalue weighted by molar-refractivity contribution is 6.30. The fourth-order valence-corrected chi connectivity index (χ4v) is 4.46. The third-order valence-corrected chi connectivity index (χ3v) is 6.56.